The molecule has 1 aromatic heterocycles. The second-order valence-electron chi connectivity index (χ2n) is 6.13. The van der Waals surface area contributed by atoms with E-state index in [-0.39, 0.29) is 18.2 Å². The van der Waals surface area contributed by atoms with E-state index in [1.807, 2.05) is 30.5 Å². The zero-order valence-electron chi connectivity index (χ0n) is 14.8. The predicted molar refractivity (Wildman–Crippen MR) is 104 cm³/mol. The first-order valence-electron chi connectivity index (χ1n) is 8.68. The molecule has 3 rings (SSSR count). The number of hydrogen-bond acceptors (Lipinski definition) is 5. The van der Waals surface area contributed by atoms with Gasteiger partial charge in [-0.3, -0.25) is 9.59 Å². The Bertz CT molecular complexity index is 755. The van der Waals surface area contributed by atoms with Gasteiger partial charge in [-0.2, -0.15) is 0 Å². The van der Waals surface area contributed by atoms with E-state index in [0.29, 0.717) is 11.4 Å². The van der Waals surface area contributed by atoms with Gasteiger partial charge in [-0.1, -0.05) is 6.07 Å². The normalized spacial score (nSPS) is 14.1. The van der Waals surface area contributed by atoms with Crippen molar-refractivity contribution in [3.63, 3.8) is 0 Å². The Balaban J connectivity index is 1.48. The van der Waals surface area contributed by atoms with Crippen LogP contribution in [0.3, 0.4) is 0 Å². The number of carbonyl (C=O) groups is 2. The molecule has 0 unspecified atom stereocenters. The van der Waals surface area contributed by atoms with Crippen LogP contribution < -0.4 is 15.5 Å². The van der Waals surface area contributed by atoms with E-state index in [2.05, 4.69) is 21.6 Å². The second-order valence-corrected chi connectivity index (χ2v) is 7.08. The Morgan fingerprint density at radius 1 is 1.23 bits per heavy atom. The number of thiophene rings is 1. The number of carbonyl (C=O) groups excluding carboxylic acids is 2. The molecule has 2 amide bonds. The molecular formula is C19H23N3O3S. The lowest BCUT2D eigenvalue weighted by molar-refractivity contribution is -0.116. The zero-order chi connectivity index (χ0) is 18.4. The van der Waals surface area contributed by atoms with E-state index in [0.717, 1.165) is 43.2 Å². The molecule has 1 aliphatic heterocycles. The highest BCUT2D eigenvalue weighted by Gasteiger charge is 2.13. The summed E-state index contributed by atoms with van der Waals surface area (Å²) in [4.78, 5) is 26.9. The largest absolute Gasteiger partial charge is 0.378 e. The van der Waals surface area contributed by atoms with Crippen molar-refractivity contribution < 1.29 is 14.3 Å². The van der Waals surface area contributed by atoms with Gasteiger partial charge in [0.25, 0.3) is 5.91 Å². The molecule has 0 radical (unpaired) electrons. The summed E-state index contributed by atoms with van der Waals surface area (Å²) in [6.07, 6.45) is 0.238. The van der Waals surface area contributed by atoms with Crippen molar-refractivity contribution in [1.82, 2.24) is 5.32 Å². The Kier molecular flexibility index (Phi) is 6.25. The summed E-state index contributed by atoms with van der Waals surface area (Å²) >= 11 is 1.38. The van der Waals surface area contributed by atoms with Gasteiger partial charge in [0.1, 0.15) is 0 Å². The average molecular weight is 373 g/mol. The monoisotopic (exact) mass is 373 g/mol. The van der Waals surface area contributed by atoms with Crippen molar-refractivity contribution >= 4 is 34.5 Å². The van der Waals surface area contributed by atoms with Crippen LogP contribution in [0.4, 0.5) is 11.4 Å². The summed E-state index contributed by atoms with van der Waals surface area (Å²) in [5, 5.41) is 7.53. The third-order valence-electron chi connectivity index (χ3n) is 4.24. The molecule has 2 N–H and O–H groups in total. The second kappa shape index (κ2) is 8.82. The third-order valence-corrected chi connectivity index (χ3v) is 5.11. The number of nitrogens with zero attached hydrogens (tertiary/aromatic N) is 1. The van der Waals surface area contributed by atoms with Crippen LogP contribution in [0.15, 0.2) is 35.7 Å². The number of rotatable bonds is 6. The number of nitrogens with one attached hydrogen (secondary N) is 2. The molecule has 2 aromatic rings. The Labute approximate surface area is 157 Å². The van der Waals surface area contributed by atoms with Gasteiger partial charge in [0.05, 0.1) is 18.1 Å². The van der Waals surface area contributed by atoms with Gasteiger partial charge in [-0.15, -0.1) is 11.3 Å². The molecule has 0 saturated carbocycles. The maximum absolute atomic E-state index is 12.1. The SMILES string of the molecule is Cc1cc(N2CCOCC2)ccc1NC(=O)CCNC(=O)c1cccs1. The Morgan fingerprint density at radius 3 is 2.73 bits per heavy atom. The molecule has 2 heterocycles. The van der Waals surface area contributed by atoms with E-state index in [1.54, 1.807) is 6.07 Å². The van der Waals surface area contributed by atoms with Crippen LogP contribution in [0.1, 0.15) is 21.7 Å². The first-order chi connectivity index (χ1) is 12.6. The molecular weight excluding hydrogens is 350 g/mol. The van der Waals surface area contributed by atoms with Crippen molar-refractivity contribution in [3.8, 4) is 0 Å². The molecule has 7 heteroatoms. The Morgan fingerprint density at radius 2 is 2.04 bits per heavy atom. The van der Waals surface area contributed by atoms with Gasteiger partial charge in [-0.25, -0.2) is 0 Å². The maximum atomic E-state index is 12.1. The van der Waals surface area contributed by atoms with Crippen molar-refractivity contribution in [3.05, 3.63) is 46.2 Å². The number of hydrogen-bond donors (Lipinski definition) is 2. The number of ether oxygens (including phenoxy) is 1. The van der Waals surface area contributed by atoms with Crippen molar-refractivity contribution in [2.75, 3.05) is 43.1 Å². The smallest absolute Gasteiger partial charge is 0.261 e. The van der Waals surface area contributed by atoms with Crippen LogP contribution in [-0.2, 0) is 9.53 Å². The minimum absolute atomic E-state index is 0.112. The topological polar surface area (TPSA) is 70.7 Å². The Hall–Kier alpha value is -2.38. The van der Waals surface area contributed by atoms with Crippen molar-refractivity contribution in [2.45, 2.75) is 13.3 Å². The van der Waals surface area contributed by atoms with Crippen LogP contribution in [0.5, 0.6) is 0 Å². The van der Waals surface area contributed by atoms with Crippen LogP contribution in [-0.4, -0.2) is 44.7 Å². The third kappa shape index (κ3) is 4.83. The van der Waals surface area contributed by atoms with Crippen molar-refractivity contribution in [1.29, 1.82) is 0 Å². The lowest BCUT2D eigenvalue weighted by Crippen LogP contribution is -2.36. The standard InChI is InChI=1S/C19H23N3O3S/c1-14-13-15(22-8-10-25-11-9-22)4-5-16(14)21-18(23)6-7-20-19(24)17-3-2-12-26-17/h2-5,12-13H,6-11H2,1H3,(H,20,24)(H,21,23). The molecule has 6 nitrogen and oxygen atoms in total. The molecule has 1 fully saturated rings. The lowest BCUT2D eigenvalue weighted by atomic mass is 10.1. The number of aryl methyl sites for hydroxylation is 1. The molecule has 138 valence electrons. The summed E-state index contributed by atoms with van der Waals surface area (Å²) in [5.41, 5.74) is 2.97. The minimum Gasteiger partial charge on any atom is -0.378 e. The van der Waals surface area contributed by atoms with E-state index in [1.165, 1.54) is 11.3 Å². The van der Waals surface area contributed by atoms with Gasteiger partial charge >= 0.3 is 0 Å². The highest BCUT2D eigenvalue weighted by molar-refractivity contribution is 7.12. The lowest BCUT2D eigenvalue weighted by Gasteiger charge is -2.29. The molecule has 0 bridgehead atoms. The highest BCUT2D eigenvalue weighted by atomic mass is 32.1. The molecule has 0 aliphatic carbocycles. The first kappa shape index (κ1) is 18.4. The molecule has 1 aliphatic rings. The van der Waals surface area contributed by atoms with Gasteiger partial charge in [0.2, 0.25) is 5.91 Å². The average Bonchev–Trinajstić information content (AvgIpc) is 3.19. The predicted octanol–water partition coefficient (Wildman–Crippen LogP) is 2.65. The van der Waals surface area contributed by atoms with Gasteiger partial charge < -0.3 is 20.3 Å². The molecule has 26 heavy (non-hydrogen) atoms. The number of amides is 2. The summed E-state index contributed by atoms with van der Waals surface area (Å²) in [6.45, 7) is 5.55. The van der Waals surface area contributed by atoms with Crippen molar-refractivity contribution in [2.24, 2.45) is 0 Å². The number of morpholine rings is 1. The van der Waals surface area contributed by atoms with E-state index in [4.69, 9.17) is 4.74 Å². The summed E-state index contributed by atoms with van der Waals surface area (Å²) in [7, 11) is 0. The highest BCUT2D eigenvalue weighted by Crippen LogP contribution is 2.23. The summed E-state index contributed by atoms with van der Waals surface area (Å²) in [6, 6.07) is 9.63. The van der Waals surface area contributed by atoms with E-state index in [9.17, 15) is 9.59 Å². The first-order valence-corrected chi connectivity index (χ1v) is 9.56. The van der Waals surface area contributed by atoms with Crippen LogP contribution in [0, 0.1) is 6.92 Å². The number of anilines is 2. The molecule has 0 atom stereocenters. The minimum atomic E-state index is -0.140. The quantitative estimate of drug-likeness (QED) is 0.817. The van der Waals surface area contributed by atoms with Gasteiger partial charge in [0.15, 0.2) is 0 Å². The van der Waals surface area contributed by atoms with Gasteiger partial charge in [0, 0.05) is 37.4 Å². The molecule has 1 aromatic carbocycles. The van der Waals surface area contributed by atoms with Crippen LogP contribution >= 0.6 is 11.3 Å². The van der Waals surface area contributed by atoms with Gasteiger partial charge in [-0.05, 0) is 42.1 Å². The molecule has 0 spiro atoms. The fourth-order valence-corrected chi connectivity index (χ4v) is 3.44. The van der Waals surface area contributed by atoms with E-state index < -0.39 is 0 Å². The molecule has 1 saturated heterocycles. The number of benzene rings is 1. The van der Waals surface area contributed by atoms with Crippen LogP contribution in [0.25, 0.3) is 0 Å². The van der Waals surface area contributed by atoms with E-state index >= 15 is 0 Å². The maximum Gasteiger partial charge on any atom is 0.261 e. The zero-order valence-corrected chi connectivity index (χ0v) is 15.6. The fourth-order valence-electron chi connectivity index (χ4n) is 2.80. The summed E-state index contributed by atoms with van der Waals surface area (Å²) in [5.74, 6) is -0.252. The summed E-state index contributed by atoms with van der Waals surface area (Å²) < 4.78 is 5.38. The van der Waals surface area contributed by atoms with Crippen LogP contribution in [0.2, 0.25) is 0 Å². The fraction of sp³-hybridized carbons (Fsp3) is 0.368.